The van der Waals surface area contributed by atoms with Crippen LogP contribution in [0.5, 0.6) is 0 Å². The van der Waals surface area contributed by atoms with Gasteiger partial charge in [0.25, 0.3) is 5.91 Å². The third kappa shape index (κ3) is 3.46. The number of carbonyl (C=O) groups is 1. The second-order valence-electron chi connectivity index (χ2n) is 5.31. The zero-order valence-electron chi connectivity index (χ0n) is 11.9. The first-order chi connectivity index (χ1) is 10.2. The Bertz CT molecular complexity index is 620. The average molecular weight is 286 g/mol. The van der Waals surface area contributed by atoms with Gasteiger partial charge in [0.2, 0.25) is 0 Å². The lowest BCUT2D eigenvalue weighted by molar-refractivity contribution is -0.120. The summed E-state index contributed by atoms with van der Waals surface area (Å²) >= 11 is 0. The molecule has 6 heteroatoms. The highest BCUT2D eigenvalue weighted by Gasteiger charge is 2.21. The highest BCUT2D eigenvalue weighted by Crippen LogP contribution is 2.28. The van der Waals surface area contributed by atoms with Gasteiger partial charge in [0, 0.05) is 23.5 Å². The molecule has 1 amide bonds. The predicted octanol–water partition coefficient (Wildman–Crippen LogP) is 2.15. The first-order valence-electron chi connectivity index (χ1n) is 7.07. The van der Waals surface area contributed by atoms with Gasteiger partial charge in [-0.2, -0.15) is 5.10 Å². The number of H-pyrrole nitrogens is 1. The fourth-order valence-corrected chi connectivity index (χ4v) is 2.09. The van der Waals surface area contributed by atoms with Crippen LogP contribution in [0.15, 0.2) is 24.5 Å². The molecule has 110 valence electrons. The van der Waals surface area contributed by atoms with Gasteiger partial charge in [-0.05, 0) is 37.8 Å². The van der Waals surface area contributed by atoms with E-state index in [9.17, 15) is 4.79 Å². The fourth-order valence-electron chi connectivity index (χ4n) is 2.09. The molecule has 1 saturated carbocycles. The molecular weight excluding hydrogens is 268 g/mol. The largest absolute Gasteiger partial charge is 0.371 e. The summed E-state index contributed by atoms with van der Waals surface area (Å²) in [6, 6.07) is 3.79. The monoisotopic (exact) mass is 286 g/mol. The van der Waals surface area contributed by atoms with Crippen molar-refractivity contribution in [2.75, 3.05) is 18.5 Å². The van der Waals surface area contributed by atoms with Crippen LogP contribution in [-0.2, 0) is 9.53 Å². The number of nitrogens with one attached hydrogen (secondary N) is 2. The quantitative estimate of drug-likeness (QED) is 0.852. The van der Waals surface area contributed by atoms with Gasteiger partial charge in [-0.15, -0.1) is 0 Å². The molecule has 2 N–H and O–H groups in total. The van der Waals surface area contributed by atoms with Crippen molar-refractivity contribution in [2.45, 2.75) is 19.8 Å². The molecule has 0 radical (unpaired) electrons. The van der Waals surface area contributed by atoms with Crippen molar-refractivity contribution in [3.8, 4) is 11.3 Å². The van der Waals surface area contributed by atoms with E-state index in [1.165, 1.54) is 12.8 Å². The number of carbonyl (C=O) groups excluding carboxylic acids is 1. The first-order valence-corrected chi connectivity index (χ1v) is 7.07. The molecular formula is C15H18N4O2. The topological polar surface area (TPSA) is 79.9 Å². The van der Waals surface area contributed by atoms with Gasteiger partial charge in [0.05, 0.1) is 12.3 Å². The molecule has 3 rings (SSSR count). The molecule has 1 aliphatic carbocycles. The molecule has 2 aromatic heterocycles. The second kappa shape index (κ2) is 6.05. The maximum absolute atomic E-state index is 11.8. The Hall–Kier alpha value is -2.21. The summed E-state index contributed by atoms with van der Waals surface area (Å²) in [6.07, 6.45) is 5.88. The number of hydrogen-bond donors (Lipinski definition) is 2. The van der Waals surface area contributed by atoms with Gasteiger partial charge in [-0.3, -0.25) is 14.9 Å². The van der Waals surface area contributed by atoms with Gasteiger partial charge in [-0.25, -0.2) is 0 Å². The molecule has 0 atom stereocenters. The number of nitrogens with zero attached hydrogens (tertiary/aromatic N) is 2. The summed E-state index contributed by atoms with van der Waals surface area (Å²) < 4.78 is 5.36. The summed E-state index contributed by atoms with van der Waals surface area (Å²) in [7, 11) is 0. The lowest BCUT2D eigenvalue weighted by Crippen LogP contribution is -2.19. The fraction of sp³-hybridized carbons (Fsp3) is 0.400. The molecule has 2 aromatic rings. The predicted molar refractivity (Wildman–Crippen MR) is 78.7 cm³/mol. The Balaban J connectivity index is 1.60. The maximum Gasteiger partial charge on any atom is 0.251 e. The molecule has 1 fully saturated rings. The van der Waals surface area contributed by atoms with Crippen LogP contribution in [0.3, 0.4) is 0 Å². The van der Waals surface area contributed by atoms with E-state index >= 15 is 0 Å². The van der Waals surface area contributed by atoms with Crippen LogP contribution in [0.2, 0.25) is 0 Å². The highest BCUT2D eigenvalue weighted by atomic mass is 16.5. The van der Waals surface area contributed by atoms with Crippen LogP contribution in [0, 0.1) is 12.8 Å². The molecule has 0 spiro atoms. The molecule has 0 saturated heterocycles. The molecule has 2 heterocycles. The van der Waals surface area contributed by atoms with E-state index in [1.54, 1.807) is 12.4 Å². The first kappa shape index (κ1) is 13.8. The lowest BCUT2D eigenvalue weighted by atomic mass is 10.1. The smallest absolute Gasteiger partial charge is 0.251 e. The highest BCUT2D eigenvalue weighted by molar-refractivity contribution is 5.92. The molecule has 1 aliphatic rings. The summed E-state index contributed by atoms with van der Waals surface area (Å²) in [5.41, 5.74) is 2.77. The third-order valence-corrected chi connectivity index (χ3v) is 3.52. The summed E-state index contributed by atoms with van der Waals surface area (Å²) in [6.45, 7) is 2.67. The lowest BCUT2D eigenvalue weighted by Gasteiger charge is -2.04. The Morgan fingerprint density at radius 2 is 2.19 bits per heavy atom. The van der Waals surface area contributed by atoms with Crippen molar-refractivity contribution in [1.82, 2.24) is 15.2 Å². The number of aromatic nitrogens is 3. The zero-order chi connectivity index (χ0) is 14.7. The molecule has 21 heavy (non-hydrogen) atoms. The van der Waals surface area contributed by atoms with E-state index in [4.69, 9.17) is 4.74 Å². The SMILES string of the molecule is Cc1c(NC(=O)COCC2CC2)n[nH]c1-c1ccncc1. The number of rotatable bonds is 6. The number of hydrogen-bond acceptors (Lipinski definition) is 4. The molecule has 0 unspecified atom stereocenters. The normalized spacial score (nSPS) is 14.1. The van der Waals surface area contributed by atoms with E-state index in [1.807, 2.05) is 19.1 Å². The standard InChI is InChI=1S/C15H18N4O2/c1-10-14(12-4-6-16-7-5-12)18-19-15(10)17-13(20)9-21-8-11-2-3-11/h4-7,11H,2-3,8-9H2,1H3,(H2,17,18,19,20). The van der Waals surface area contributed by atoms with Crippen LogP contribution in [-0.4, -0.2) is 34.3 Å². The number of amides is 1. The third-order valence-electron chi connectivity index (χ3n) is 3.52. The van der Waals surface area contributed by atoms with Gasteiger partial charge >= 0.3 is 0 Å². The molecule has 0 aromatic carbocycles. The number of pyridine rings is 1. The Morgan fingerprint density at radius 3 is 2.90 bits per heavy atom. The number of ether oxygens (including phenoxy) is 1. The van der Waals surface area contributed by atoms with Crippen molar-refractivity contribution in [3.63, 3.8) is 0 Å². The van der Waals surface area contributed by atoms with Crippen LogP contribution >= 0.6 is 0 Å². The van der Waals surface area contributed by atoms with Crippen molar-refractivity contribution in [1.29, 1.82) is 0 Å². The van der Waals surface area contributed by atoms with Crippen LogP contribution < -0.4 is 5.32 Å². The average Bonchev–Trinajstić information content (AvgIpc) is 3.25. The minimum absolute atomic E-state index is 0.0768. The van der Waals surface area contributed by atoms with Gasteiger partial charge < -0.3 is 10.1 Å². The van der Waals surface area contributed by atoms with Crippen molar-refractivity contribution < 1.29 is 9.53 Å². The van der Waals surface area contributed by atoms with Crippen molar-refractivity contribution in [2.24, 2.45) is 5.92 Å². The van der Waals surface area contributed by atoms with Crippen molar-refractivity contribution >= 4 is 11.7 Å². The Morgan fingerprint density at radius 1 is 1.43 bits per heavy atom. The summed E-state index contributed by atoms with van der Waals surface area (Å²) in [5, 5.41) is 9.87. The second-order valence-corrected chi connectivity index (χ2v) is 5.31. The molecule has 0 aliphatic heterocycles. The minimum Gasteiger partial charge on any atom is -0.371 e. The van der Waals surface area contributed by atoms with Crippen LogP contribution in [0.1, 0.15) is 18.4 Å². The maximum atomic E-state index is 11.8. The van der Waals surface area contributed by atoms with E-state index in [-0.39, 0.29) is 12.5 Å². The van der Waals surface area contributed by atoms with Gasteiger partial charge in [0.1, 0.15) is 6.61 Å². The summed E-state index contributed by atoms with van der Waals surface area (Å²) in [5.74, 6) is 1.02. The minimum atomic E-state index is -0.175. The number of anilines is 1. The summed E-state index contributed by atoms with van der Waals surface area (Å²) in [4.78, 5) is 15.8. The van der Waals surface area contributed by atoms with Gasteiger partial charge in [-0.1, -0.05) is 0 Å². The van der Waals surface area contributed by atoms with Crippen LogP contribution in [0.4, 0.5) is 5.82 Å². The van der Waals surface area contributed by atoms with E-state index in [0.717, 1.165) is 16.8 Å². The van der Waals surface area contributed by atoms with E-state index in [0.29, 0.717) is 18.3 Å². The number of aromatic amines is 1. The molecule has 0 bridgehead atoms. The van der Waals surface area contributed by atoms with Crippen LogP contribution in [0.25, 0.3) is 11.3 Å². The van der Waals surface area contributed by atoms with E-state index < -0.39 is 0 Å². The Kier molecular flexibility index (Phi) is 3.96. The van der Waals surface area contributed by atoms with Crippen molar-refractivity contribution in [3.05, 3.63) is 30.1 Å². The van der Waals surface area contributed by atoms with E-state index in [2.05, 4.69) is 20.5 Å². The zero-order valence-corrected chi connectivity index (χ0v) is 11.9. The molecule has 6 nitrogen and oxygen atoms in total. The van der Waals surface area contributed by atoms with Gasteiger partial charge in [0.15, 0.2) is 5.82 Å². The Labute approximate surface area is 122 Å².